The molecule has 2 aliphatic rings. The van der Waals surface area contributed by atoms with E-state index in [9.17, 15) is 24.0 Å². The Morgan fingerprint density at radius 1 is 0.892 bits per heavy atom. The van der Waals surface area contributed by atoms with Gasteiger partial charge in [-0.2, -0.15) is 0 Å². The fourth-order valence-corrected chi connectivity index (χ4v) is 9.37. The Kier molecular flexibility index (Phi) is 19.0. The Hall–Kier alpha value is -6.89. The average molecular weight is 1030 g/mol. The van der Waals surface area contributed by atoms with Crippen LogP contribution >= 0.6 is 12.6 Å². The van der Waals surface area contributed by atoms with Gasteiger partial charge >= 0.3 is 0 Å². The first-order valence-corrected chi connectivity index (χ1v) is 25.9. The van der Waals surface area contributed by atoms with Gasteiger partial charge in [0.25, 0.3) is 0 Å². The SMILES string of the molecule is CC(C)[C@@H]1NC(=O)[C@@H]2[C@H](C)CCN2C(=O)CN/C(=N\C(C(=O)NC(C(=O)N[C@@H](/C=N/C=C\S)CC(=O)NCc2cn(Cc3ccc4ccccc4c3)nn2)[C@@H](C)c2ccccc2)C(C)(C)C)C(C(C)(C)C)NC1=O. The van der Waals surface area contributed by atoms with Crippen molar-refractivity contribution in [3.63, 3.8) is 0 Å². The number of hydrogen-bond donors (Lipinski definition) is 7. The number of carbonyl (C=O) groups is 6. The summed E-state index contributed by atoms with van der Waals surface area (Å²) in [5, 5.41) is 30.3. The molecule has 3 heterocycles. The van der Waals surface area contributed by atoms with Crippen LogP contribution in [0.2, 0.25) is 0 Å². The highest BCUT2D eigenvalue weighted by atomic mass is 32.1. The van der Waals surface area contributed by atoms with Gasteiger partial charge in [0.05, 0.1) is 44.3 Å². The molecule has 19 heteroatoms. The molecule has 3 unspecified atom stereocenters. The number of amides is 6. The van der Waals surface area contributed by atoms with E-state index in [0.717, 1.165) is 21.9 Å². The summed E-state index contributed by atoms with van der Waals surface area (Å²) in [4.78, 5) is 96.3. The van der Waals surface area contributed by atoms with Crippen LogP contribution in [0.5, 0.6) is 0 Å². The molecule has 4 aromatic rings. The largest absolute Gasteiger partial charge is 0.363 e. The maximum Gasteiger partial charge on any atom is 0.246 e. The normalized spacial score (nSPS) is 21.3. The fraction of sp³-hybridized carbons (Fsp3) is 0.491. The van der Waals surface area contributed by atoms with Crippen LogP contribution in [0, 0.1) is 22.7 Å². The maximum absolute atomic E-state index is 15.0. The number of rotatable bonds is 16. The summed E-state index contributed by atoms with van der Waals surface area (Å²) in [5.74, 6) is -3.57. The molecule has 2 fully saturated rings. The Morgan fingerprint density at radius 2 is 1.59 bits per heavy atom. The predicted octanol–water partition coefficient (Wildman–Crippen LogP) is 5.06. The topological polar surface area (TPSA) is 233 Å². The minimum absolute atomic E-state index is 0.0843. The monoisotopic (exact) mass is 1030 g/mol. The molecule has 0 radical (unpaired) electrons. The van der Waals surface area contributed by atoms with Gasteiger partial charge in [0, 0.05) is 24.9 Å². The van der Waals surface area contributed by atoms with E-state index in [4.69, 9.17) is 4.99 Å². The van der Waals surface area contributed by atoms with Gasteiger partial charge in [0.1, 0.15) is 35.7 Å². The lowest BCUT2D eigenvalue weighted by Gasteiger charge is -2.38. The van der Waals surface area contributed by atoms with Crippen LogP contribution in [0.3, 0.4) is 0 Å². The van der Waals surface area contributed by atoms with Crippen LogP contribution in [0.15, 0.2) is 101 Å². The number of carbonyl (C=O) groups excluding carboxylic acids is 6. The van der Waals surface area contributed by atoms with Crippen LogP contribution in [0.25, 0.3) is 10.8 Å². The van der Waals surface area contributed by atoms with Crippen LogP contribution in [-0.4, -0.2) is 117 Å². The molecule has 0 bridgehead atoms. The number of aromatic nitrogens is 3. The summed E-state index contributed by atoms with van der Waals surface area (Å²) in [7, 11) is 0. The lowest BCUT2D eigenvalue weighted by Crippen LogP contribution is -2.63. The van der Waals surface area contributed by atoms with Crippen molar-refractivity contribution in [2.24, 2.45) is 32.7 Å². The first-order valence-electron chi connectivity index (χ1n) is 25.4. The summed E-state index contributed by atoms with van der Waals surface area (Å²) < 4.78 is 1.71. The molecular weight excluding hydrogens is 957 g/mol. The molecule has 0 saturated carbocycles. The molecule has 0 spiro atoms. The van der Waals surface area contributed by atoms with Crippen LogP contribution in [0.1, 0.15) is 105 Å². The highest BCUT2D eigenvalue weighted by molar-refractivity contribution is 7.83. The summed E-state index contributed by atoms with van der Waals surface area (Å²) in [6.45, 7) is 19.3. The predicted molar refractivity (Wildman–Crippen MR) is 291 cm³/mol. The smallest absolute Gasteiger partial charge is 0.246 e. The second-order valence-electron chi connectivity index (χ2n) is 21.9. The van der Waals surface area contributed by atoms with E-state index in [-0.39, 0.29) is 49.0 Å². The van der Waals surface area contributed by atoms with Crippen molar-refractivity contribution in [2.45, 2.75) is 137 Å². The molecule has 396 valence electrons. The Bertz CT molecular complexity index is 2730. The maximum atomic E-state index is 15.0. The quantitative estimate of drug-likeness (QED) is 0.0587. The summed E-state index contributed by atoms with van der Waals surface area (Å²) in [6.07, 6.45) is 5.01. The van der Waals surface area contributed by atoms with Crippen LogP contribution in [0.4, 0.5) is 0 Å². The Labute approximate surface area is 440 Å². The molecule has 6 rings (SSSR count). The van der Waals surface area contributed by atoms with E-state index in [0.29, 0.717) is 25.2 Å². The van der Waals surface area contributed by atoms with Crippen molar-refractivity contribution in [2.75, 3.05) is 13.1 Å². The molecule has 2 aliphatic heterocycles. The standard InChI is InChI=1S/C55H74N12O6S/c1-33(2)44-50(70)63-47(54(5,6)7)49(58-30-43(69)67-24-22-34(3)46(67)52(72)60-44)62-48(55(8,9)10)53(73)61-45(35(4)37-16-12-11-13-17-37)51(71)59-40(28-56-23-25-74)27-42(68)57-29-41-32-66(65-64-41)31-36-20-21-38-18-14-15-19-39(38)26-36/h11-21,23,25-26,28,32-35,40,44-48,74H,22,24,27,29-31H2,1-10H3,(H,57,68)(H,58,62)(H,59,71)(H,60,72)(H,61,73)(H,63,70)/b25-23-,56-28+/t34-,35+,40-,44+,45?,46+,47?,48?/m1/s1. The fourth-order valence-electron chi connectivity index (χ4n) is 9.29. The third kappa shape index (κ3) is 14.9. The van der Waals surface area contributed by atoms with E-state index in [1.165, 1.54) is 17.8 Å². The Balaban J connectivity index is 1.25. The van der Waals surface area contributed by atoms with Crippen molar-refractivity contribution in [1.29, 1.82) is 0 Å². The van der Waals surface area contributed by atoms with Crippen molar-refractivity contribution < 1.29 is 28.8 Å². The van der Waals surface area contributed by atoms with Gasteiger partial charge in [0.15, 0.2) is 0 Å². The summed E-state index contributed by atoms with van der Waals surface area (Å²) in [6, 6.07) is 17.7. The number of hydrogen-bond acceptors (Lipinski definition) is 11. The number of nitrogens with one attached hydrogen (secondary N) is 6. The third-order valence-electron chi connectivity index (χ3n) is 13.5. The lowest BCUT2D eigenvalue weighted by atomic mass is 9.83. The minimum Gasteiger partial charge on any atom is -0.363 e. The zero-order valence-corrected chi connectivity index (χ0v) is 45.2. The second-order valence-corrected chi connectivity index (χ2v) is 22.2. The molecule has 8 atom stereocenters. The number of amidine groups is 1. The van der Waals surface area contributed by atoms with E-state index in [2.05, 4.69) is 84.1 Å². The van der Waals surface area contributed by atoms with E-state index >= 15 is 4.79 Å². The number of thiol groups is 1. The zero-order chi connectivity index (χ0) is 53.9. The first-order chi connectivity index (χ1) is 35.0. The van der Waals surface area contributed by atoms with Gasteiger partial charge in [-0.25, -0.2) is 4.68 Å². The molecule has 6 N–H and O–H groups in total. The van der Waals surface area contributed by atoms with Gasteiger partial charge in [-0.05, 0) is 62.5 Å². The second kappa shape index (κ2) is 24.9. The Morgan fingerprint density at radius 3 is 2.27 bits per heavy atom. The lowest BCUT2D eigenvalue weighted by molar-refractivity contribution is -0.140. The number of benzene rings is 3. The van der Waals surface area contributed by atoms with E-state index < -0.39 is 76.6 Å². The first kappa shape index (κ1) is 56.4. The van der Waals surface area contributed by atoms with Crippen molar-refractivity contribution in [3.8, 4) is 0 Å². The minimum atomic E-state index is -1.19. The molecule has 74 heavy (non-hydrogen) atoms. The van der Waals surface area contributed by atoms with Crippen LogP contribution < -0.4 is 31.9 Å². The molecule has 6 amide bonds. The van der Waals surface area contributed by atoms with Gasteiger partial charge in [-0.1, -0.05) is 141 Å². The summed E-state index contributed by atoms with van der Waals surface area (Å²) in [5.41, 5.74) is 0.747. The van der Waals surface area contributed by atoms with Crippen LogP contribution in [-0.2, 0) is 41.9 Å². The number of aliphatic imine (C=N–C) groups is 2. The molecule has 0 aliphatic carbocycles. The highest BCUT2D eigenvalue weighted by Gasteiger charge is 2.44. The molecule has 2 saturated heterocycles. The van der Waals surface area contributed by atoms with E-state index in [1.807, 2.05) is 118 Å². The van der Waals surface area contributed by atoms with Gasteiger partial charge in [-0.3, -0.25) is 38.8 Å². The van der Waals surface area contributed by atoms with Crippen molar-refractivity contribution in [1.82, 2.24) is 51.8 Å². The molecular formula is C55H74N12O6S. The van der Waals surface area contributed by atoms with Gasteiger partial charge < -0.3 is 36.8 Å². The number of nitrogens with zero attached hydrogens (tertiary/aromatic N) is 6. The van der Waals surface area contributed by atoms with Crippen molar-refractivity contribution in [3.05, 3.63) is 107 Å². The summed E-state index contributed by atoms with van der Waals surface area (Å²) >= 11 is 4.11. The highest BCUT2D eigenvalue weighted by Crippen LogP contribution is 2.29. The van der Waals surface area contributed by atoms with Gasteiger partial charge in [0.2, 0.25) is 35.4 Å². The molecule has 18 nitrogen and oxygen atoms in total. The molecule has 1 aromatic heterocycles. The molecule has 3 aromatic carbocycles. The number of fused-ring (bicyclic) bond motifs is 2. The van der Waals surface area contributed by atoms with Gasteiger partial charge in [-0.15, -0.1) is 17.7 Å². The van der Waals surface area contributed by atoms with Crippen molar-refractivity contribution >= 4 is 70.9 Å². The van der Waals surface area contributed by atoms with E-state index in [1.54, 1.807) is 15.8 Å². The average Bonchev–Trinajstić information content (AvgIpc) is 3.97. The zero-order valence-electron chi connectivity index (χ0n) is 44.3. The third-order valence-corrected chi connectivity index (χ3v) is 13.6.